The molecule has 0 aliphatic carbocycles. The van der Waals surface area contributed by atoms with Gasteiger partial charge in [0.05, 0.1) is 6.54 Å². The minimum absolute atomic E-state index is 0.270. The molecule has 3 heteroatoms. The molecule has 0 saturated carbocycles. The molecule has 0 bridgehead atoms. The van der Waals surface area contributed by atoms with Crippen LogP contribution >= 0.6 is 0 Å². The van der Waals surface area contributed by atoms with E-state index in [-0.39, 0.29) is 12.1 Å². The Morgan fingerprint density at radius 2 is 2.14 bits per heavy atom. The Morgan fingerprint density at radius 3 is 2.71 bits per heavy atom. The van der Waals surface area contributed by atoms with Crippen LogP contribution in [-0.4, -0.2) is 36.6 Å². The smallest absolute Gasteiger partial charge is 0.303 e. The Morgan fingerprint density at radius 1 is 1.50 bits per heavy atom. The molecule has 0 N–H and O–H groups in total. The lowest BCUT2D eigenvalue weighted by Crippen LogP contribution is -2.19. The van der Waals surface area contributed by atoms with Gasteiger partial charge in [-0.25, -0.2) is 0 Å². The Bertz CT molecular complexity index is 246. The first-order chi connectivity index (χ1) is 6.68. The van der Waals surface area contributed by atoms with E-state index in [4.69, 9.17) is 4.74 Å². The van der Waals surface area contributed by atoms with Crippen LogP contribution in [0.1, 0.15) is 26.7 Å². The highest BCUT2D eigenvalue weighted by molar-refractivity contribution is 5.66. The maximum absolute atomic E-state index is 10.6. The molecular weight excluding hydrogens is 178 g/mol. The van der Waals surface area contributed by atoms with Crippen LogP contribution in [0, 0.1) is 11.8 Å². The highest BCUT2D eigenvalue weighted by Crippen LogP contribution is 2.05. The number of esters is 1. The zero-order chi connectivity index (χ0) is 10.4. The molecule has 78 valence electrons. The molecular formula is C11H17NO2. The lowest BCUT2D eigenvalue weighted by atomic mass is 10.4. The van der Waals surface area contributed by atoms with Crippen LogP contribution in [0.5, 0.6) is 0 Å². The van der Waals surface area contributed by atoms with Crippen molar-refractivity contribution in [2.75, 3.05) is 19.6 Å². The average molecular weight is 195 g/mol. The number of likely N-dealkylation sites (tertiary alicyclic amines) is 1. The number of rotatable bonds is 2. The van der Waals surface area contributed by atoms with Gasteiger partial charge in [0, 0.05) is 6.92 Å². The Balaban J connectivity index is 2.21. The van der Waals surface area contributed by atoms with E-state index < -0.39 is 0 Å². The summed E-state index contributed by atoms with van der Waals surface area (Å²) in [5.74, 6) is 5.67. The minimum Gasteiger partial charge on any atom is -0.450 e. The Hall–Kier alpha value is -1.01. The predicted molar refractivity (Wildman–Crippen MR) is 54.7 cm³/mol. The van der Waals surface area contributed by atoms with Gasteiger partial charge in [0.1, 0.15) is 0 Å². The van der Waals surface area contributed by atoms with Crippen molar-refractivity contribution in [2.24, 2.45) is 0 Å². The molecule has 0 aromatic rings. The summed E-state index contributed by atoms with van der Waals surface area (Å²) in [7, 11) is 0. The first kappa shape index (κ1) is 11.1. The monoisotopic (exact) mass is 195 g/mol. The van der Waals surface area contributed by atoms with E-state index in [0.717, 1.165) is 19.6 Å². The summed E-state index contributed by atoms with van der Waals surface area (Å²) in [6, 6.07) is 0. The minimum atomic E-state index is -0.282. The Kier molecular flexibility index (Phi) is 4.48. The number of carbonyl (C=O) groups is 1. The first-order valence-corrected chi connectivity index (χ1v) is 5.06. The second-order valence-corrected chi connectivity index (χ2v) is 3.56. The maximum Gasteiger partial charge on any atom is 0.303 e. The van der Waals surface area contributed by atoms with Gasteiger partial charge in [-0.05, 0) is 32.9 Å². The standard InChI is InChI=1S/C11H17NO2/c1-10(14-11(2)13)6-5-9-12-7-3-4-8-12/h10H,3-4,7-9H2,1-2H3. The predicted octanol–water partition coefficient (Wildman–Crippen LogP) is 1.04. The number of carbonyl (C=O) groups excluding carboxylic acids is 1. The summed E-state index contributed by atoms with van der Waals surface area (Å²) in [4.78, 5) is 12.9. The molecule has 14 heavy (non-hydrogen) atoms. The summed E-state index contributed by atoms with van der Waals surface area (Å²) in [6.07, 6.45) is 2.28. The zero-order valence-electron chi connectivity index (χ0n) is 8.88. The van der Waals surface area contributed by atoms with Crippen LogP contribution in [0.3, 0.4) is 0 Å². The third kappa shape index (κ3) is 4.29. The molecule has 0 amide bonds. The van der Waals surface area contributed by atoms with Crippen molar-refractivity contribution in [1.29, 1.82) is 0 Å². The molecule has 1 atom stereocenters. The van der Waals surface area contributed by atoms with Gasteiger partial charge in [-0.15, -0.1) is 0 Å². The van der Waals surface area contributed by atoms with Gasteiger partial charge in [0.25, 0.3) is 0 Å². The summed E-state index contributed by atoms with van der Waals surface area (Å²) in [5, 5.41) is 0. The molecule has 0 aromatic heterocycles. The van der Waals surface area contributed by atoms with Gasteiger partial charge in [0.15, 0.2) is 6.10 Å². The topological polar surface area (TPSA) is 29.5 Å². The summed E-state index contributed by atoms with van der Waals surface area (Å²) >= 11 is 0. The average Bonchev–Trinajstić information content (AvgIpc) is 2.55. The van der Waals surface area contributed by atoms with Crippen molar-refractivity contribution < 1.29 is 9.53 Å². The molecule has 3 nitrogen and oxygen atoms in total. The van der Waals surface area contributed by atoms with Crippen molar-refractivity contribution in [1.82, 2.24) is 4.90 Å². The normalized spacial score (nSPS) is 18.4. The quantitative estimate of drug-likeness (QED) is 0.487. The summed E-state index contributed by atoms with van der Waals surface area (Å²) in [5.41, 5.74) is 0. The van der Waals surface area contributed by atoms with Crippen LogP contribution in [0.4, 0.5) is 0 Å². The Labute approximate surface area is 85.4 Å². The number of nitrogens with zero attached hydrogens (tertiary/aromatic N) is 1. The van der Waals surface area contributed by atoms with Gasteiger partial charge in [-0.3, -0.25) is 9.69 Å². The van der Waals surface area contributed by atoms with E-state index in [1.54, 1.807) is 6.92 Å². The molecule has 1 rings (SSSR count). The van der Waals surface area contributed by atoms with Gasteiger partial charge in [-0.1, -0.05) is 11.8 Å². The molecule has 0 spiro atoms. The van der Waals surface area contributed by atoms with Gasteiger partial charge < -0.3 is 4.74 Å². The van der Waals surface area contributed by atoms with Crippen molar-refractivity contribution in [2.45, 2.75) is 32.8 Å². The molecule has 1 aliphatic rings. The van der Waals surface area contributed by atoms with E-state index in [1.807, 2.05) is 0 Å². The fourth-order valence-electron chi connectivity index (χ4n) is 1.52. The van der Waals surface area contributed by atoms with Crippen LogP contribution in [-0.2, 0) is 9.53 Å². The van der Waals surface area contributed by atoms with Gasteiger partial charge in [-0.2, -0.15) is 0 Å². The van der Waals surface area contributed by atoms with E-state index in [2.05, 4.69) is 16.7 Å². The molecule has 0 radical (unpaired) electrons. The lowest BCUT2D eigenvalue weighted by Gasteiger charge is -2.09. The molecule has 1 saturated heterocycles. The SMILES string of the molecule is CC(=O)OC(C)C#CCN1CCCC1. The summed E-state index contributed by atoms with van der Waals surface area (Å²) in [6.45, 7) is 6.29. The van der Waals surface area contributed by atoms with Crippen LogP contribution in [0.25, 0.3) is 0 Å². The number of hydrogen-bond donors (Lipinski definition) is 0. The maximum atomic E-state index is 10.6. The van der Waals surface area contributed by atoms with Crippen molar-refractivity contribution in [3.63, 3.8) is 0 Å². The molecule has 1 heterocycles. The first-order valence-electron chi connectivity index (χ1n) is 5.06. The van der Waals surface area contributed by atoms with E-state index in [0.29, 0.717) is 0 Å². The lowest BCUT2D eigenvalue weighted by molar-refractivity contribution is -0.143. The second-order valence-electron chi connectivity index (χ2n) is 3.56. The van der Waals surface area contributed by atoms with Crippen LogP contribution in [0.15, 0.2) is 0 Å². The highest BCUT2D eigenvalue weighted by Gasteiger charge is 2.09. The van der Waals surface area contributed by atoms with Gasteiger partial charge in [0.2, 0.25) is 0 Å². The van der Waals surface area contributed by atoms with Crippen LogP contribution in [0.2, 0.25) is 0 Å². The number of ether oxygens (including phenoxy) is 1. The fourth-order valence-corrected chi connectivity index (χ4v) is 1.52. The highest BCUT2D eigenvalue weighted by atomic mass is 16.5. The zero-order valence-corrected chi connectivity index (χ0v) is 8.88. The molecule has 1 fully saturated rings. The van der Waals surface area contributed by atoms with Crippen molar-refractivity contribution in [3.8, 4) is 11.8 Å². The van der Waals surface area contributed by atoms with Crippen molar-refractivity contribution in [3.05, 3.63) is 0 Å². The third-order valence-corrected chi connectivity index (χ3v) is 2.15. The summed E-state index contributed by atoms with van der Waals surface area (Å²) < 4.78 is 4.88. The molecule has 0 aromatic carbocycles. The third-order valence-electron chi connectivity index (χ3n) is 2.15. The van der Waals surface area contributed by atoms with Gasteiger partial charge >= 0.3 is 5.97 Å². The van der Waals surface area contributed by atoms with Crippen LogP contribution < -0.4 is 0 Å². The molecule has 1 unspecified atom stereocenters. The second kappa shape index (κ2) is 5.66. The van der Waals surface area contributed by atoms with Crippen molar-refractivity contribution >= 4 is 5.97 Å². The molecule has 1 aliphatic heterocycles. The number of hydrogen-bond acceptors (Lipinski definition) is 3. The van der Waals surface area contributed by atoms with E-state index in [9.17, 15) is 4.79 Å². The van der Waals surface area contributed by atoms with E-state index in [1.165, 1.54) is 19.8 Å². The van der Waals surface area contributed by atoms with E-state index >= 15 is 0 Å². The fraction of sp³-hybridized carbons (Fsp3) is 0.727. The largest absolute Gasteiger partial charge is 0.450 e.